The van der Waals surface area contributed by atoms with Gasteiger partial charge in [-0.05, 0) is 35.9 Å². The van der Waals surface area contributed by atoms with E-state index in [0.717, 1.165) is 23.4 Å². The van der Waals surface area contributed by atoms with E-state index in [0.29, 0.717) is 6.42 Å². The van der Waals surface area contributed by atoms with Gasteiger partial charge < -0.3 is 9.84 Å². The molecule has 1 aromatic heterocycles. The van der Waals surface area contributed by atoms with Crippen molar-refractivity contribution in [1.82, 2.24) is 9.97 Å². The highest BCUT2D eigenvalue weighted by Crippen LogP contribution is 2.44. The molecule has 1 aromatic rings. The summed E-state index contributed by atoms with van der Waals surface area (Å²) in [5, 5.41) is 10.0. The topological polar surface area (TPSA) is 55.2 Å². The molecule has 1 N–H and O–H groups in total. The summed E-state index contributed by atoms with van der Waals surface area (Å²) in [5.74, 6) is 0.148. The average Bonchev–Trinajstić information content (AvgIpc) is 2.91. The van der Waals surface area contributed by atoms with Gasteiger partial charge in [-0.25, -0.2) is 9.97 Å². The molecule has 1 aliphatic heterocycles. The molecule has 102 valence electrons. The highest BCUT2D eigenvalue weighted by atomic mass is 127. The van der Waals surface area contributed by atoms with Crippen LogP contribution in [0.15, 0.2) is 12.4 Å². The monoisotopic (exact) mass is 372 g/mol. The lowest BCUT2D eigenvalue weighted by Crippen LogP contribution is -2.19. The average molecular weight is 372 g/mol. The number of aryl methyl sites for hydroxylation is 1. The van der Waals surface area contributed by atoms with Gasteiger partial charge in [-0.3, -0.25) is 0 Å². The molecule has 1 aliphatic carbocycles. The molecular weight excluding hydrogens is 355 g/mol. The number of fused-ring (bicyclic) bond motifs is 1. The van der Waals surface area contributed by atoms with Crippen LogP contribution >= 0.6 is 22.6 Å². The van der Waals surface area contributed by atoms with Crippen LogP contribution in [-0.2, 0) is 4.74 Å². The first-order valence-corrected chi connectivity index (χ1v) is 7.72. The third-order valence-corrected chi connectivity index (χ3v) is 4.90. The largest absolute Gasteiger partial charge is 0.390 e. The van der Waals surface area contributed by atoms with Crippen LogP contribution in [0.5, 0.6) is 0 Å². The highest BCUT2D eigenvalue weighted by molar-refractivity contribution is 14.1. The molecular formula is C14H17IN2O2. The summed E-state index contributed by atoms with van der Waals surface area (Å²) < 4.78 is 7.18. The zero-order valence-electron chi connectivity index (χ0n) is 11.0. The molecule has 2 unspecified atom stereocenters. The number of rotatable bonds is 2. The SMILES string of the molecule is CC[C@H]1O[C@@H](C2C=C(I)c3c(C)ncnc32)CC1O. The molecule has 4 atom stereocenters. The van der Waals surface area contributed by atoms with Crippen LogP contribution in [0.25, 0.3) is 3.58 Å². The molecule has 0 spiro atoms. The van der Waals surface area contributed by atoms with Gasteiger partial charge in [0, 0.05) is 27.2 Å². The molecule has 1 fully saturated rings. The van der Waals surface area contributed by atoms with E-state index in [1.807, 2.05) is 13.8 Å². The van der Waals surface area contributed by atoms with Crippen molar-refractivity contribution in [3.8, 4) is 0 Å². The first-order chi connectivity index (χ1) is 9.11. The first-order valence-electron chi connectivity index (χ1n) is 6.64. The molecule has 5 heteroatoms. The highest BCUT2D eigenvalue weighted by Gasteiger charge is 2.40. The van der Waals surface area contributed by atoms with Crippen molar-refractivity contribution >= 4 is 26.2 Å². The van der Waals surface area contributed by atoms with Crippen molar-refractivity contribution in [1.29, 1.82) is 0 Å². The molecule has 0 amide bonds. The second-order valence-corrected chi connectivity index (χ2v) is 6.35. The number of nitrogens with zero attached hydrogens (tertiary/aromatic N) is 2. The maximum absolute atomic E-state index is 10.0. The summed E-state index contributed by atoms with van der Waals surface area (Å²) in [6.07, 6.45) is 4.98. The summed E-state index contributed by atoms with van der Waals surface area (Å²) in [6.45, 7) is 4.05. The number of hydrogen-bond acceptors (Lipinski definition) is 4. The Balaban J connectivity index is 1.92. The molecule has 0 radical (unpaired) electrons. The van der Waals surface area contributed by atoms with Gasteiger partial charge in [0.2, 0.25) is 0 Å². The number of halogens is 1. The summed E-state index contributed by atoms with van der Waals surface area (Å²) in [7, 11) is 0. The second kappa shape index (κ2) is 5.10. The smallest absolute Gasteiger partial charge is 0.115 e. The van der Waals surface area contributed by atoms with Crippen molar-refractivity contribution in [2.45, 2.75) is 50.9 Å². The second-order valence-electron chi connectivity index (χ2n) is 5.18. The third-order valence-electron chi connectivity index (χ3n) is 4.00. The lowest BCUT2D eigenvalue weighted by Gasteiger charge is -2.18. The van der Waals surface area contributed by atoms with E-state index in [4.69, 9.17) is 4.74 Å². The van der Waals surface area contributed by atoms with Gasteiger partial charge >= 0.3 is 0 Å². The predicted molar refractivity (Wildman–Crippen MR) is 81.1 cm³/mol. The number of aromatic nitrogens is 2. The normalized spacial score (nSPS) is 33.4. The fourth-order valence-electron chi connectivity index (χ4n) is 3.00. The molecule has 3 rings (SSSR count). The molecule has 0 aromatic carbocycles. The molecule has 4 nitrogen and oxygen atoms in total. The fourth-order valence-corrected chi connectivity index (χ4v) is 4.06. The van der Waals surface area contributed by atoms with Gasteiger partial charge in [0.05, 0.1) is 24.0 Å². The lowest BCUT2D eigenvalue weighted by atomic mass is 9.96. The van der Waals surface area contributed by atoms with Gasteiger partial charge in [-0.2, -0.15) is 0 Å². The number of aliphatic hydroxyl groups excluding tert-OH is 1. The molecule has 2 heterocycles. The fraction of sp³-hybridized carbons (Fsp3) is 0.571. The molecule has 19 heavy (non-hydrogen) atoms. The summed E-state index contributed by atoms with van der Waals surface area (Å²) >= 11 is 2.33. The Morgan fingerprint density at radius 1 is 1.47 bits per heavy atom. The lowest BCUT2D eigenvalue weighted by molar-refractivity contribution is 0.00399. The van der Waals surface area contributed by atoms with Crippen LogP contribution in [0.1, 0.15) is 42.6 Å². The predicted octanol–water partition coefficient (Wildman–Crippen LogP) is 2.59. The standard InChI is InChI=1S/C14H17IN2O2/c1-3-11-10(18)5-12(19-11)8-4-9(15)13-7(2)16-6-17-14(8)13/h4,6,8,10-12,18H,3,5H2,1-2H3/t8?,10?,11-,12-/m1/s1. The van der Waals surface area contributed by atoms with Crippen molar-refractivity contribution in [2.24, 2.45) is 0 Å². The van der Waals surface area contributed by atoms with E-state index < -0.39 is 0 Å². The molecule has 2 aliphatic rings. The van der Waals surface area contributed by atoms with Gasteiger partial charge in [0.25, 0.3) is 0 Å². The van der Waals surface area contributed by atoms with Crippen LogP contribution in [0, 0.1) is 6.92 Å². The maximum atomic E-state index is 10.0. The van der Waals surface area contributed by atoms with Crippen LogP contribution < -0.4 is 0 Å². The van der Waals surface area contributed by atoms with E-state index in [-0.39, 0.29) is 24.2 Å². The number of hydrogen-bond donors (Lipinski definition) is 1. The van der Waals surface area contributed by atoms with Gasteiger partial charge in [-0.15, -0.1) is 0 Å². The van der Waals surface area contributed by atoms with E-state index in [2.05, 4.69) is 38.6 Å². The molecule has 0 saturated carbocycles. The van der Waals surface area contributed by atoms with Gasteiger partial charge in [0.1, 0.15) is 6.33 Å². The van der Waals surface area contributed by atoms with Crippen molar-refractivity contribution in [2.75, 3.05) is 0 Å². The minimum Gasteiger partial charge on any atom is -0.390 e. The molecule has 1 saturated heterocycles. The summed E-state index contributed by atoms with van der Waals surface area (Å²) in [6, 6.07) is 0. The zero-order chi connectivity index (χ0) is 13.6. The zero-order valence-corrected chi connectivity index (χ0v) is 13.2. The van der Waals surface area contributed by atoms with Crippen molar-refractivity contribution < 1.29 is 9.84 Å². The van der Waals surface area contributed by atoms with Crippen LogP contribution in [0.4, 0.5) is 0 Å². The van der Waals surface area contributed by atoms with E-state index >= 15 is 0 Å². The first kappa shape index (κ1) is 13.5. The van der Waals surface area contributed by atoms with Crippen molar-refractivity contribution in [3.05, 3.63) is 29.4 Å². The van der Waals surface area contributed by atoms with Crippen LogP contribution in [0.2, 0.25) is 0 Å². The number of ether oxygens (including phenoxy) is 1. The third kappa shape index (κ3) is 2.21. The van der Waals surface area contributed by atoms with E-state index in [1.165, 1.54) is 3.58 Å². The Bertz CT molecular complexity index is 532. The Morgan fingerprint density at radius 3 is 2.95 bits per heavy atom. The van der Waals surface area contributed by atoms with Gasteiger partial charge in [0.15, 0.2) is 0 Å². The van der Waals surface area contributed by atoms with Gasteiger partial charge in [-0.1, -0.05) is 13.0 Å². The Hall–Kier alpha value is -0.530. The minimum atomic E-state index is -0.354. The summed E-state index contributed by atoms with van der Waals surface area (Å²) in [4.78, 5) is 8.70. The Morgan fingerprint density at radius 2 is 2.26 bits per heavy atom. The Kier molecular flexibility index (Phi) is 3.61. The van der Waals surface area contributed by atoms with E-state index in [9.17, 15) is 5.11 Å². The minimum absolute atomic E-state index is 0.0280. The quantitative estimate of drug-likeness (QED) is 0.811. The Labute approximate surface area is 126 Å². The number of aliphatic hydroxyl groups is 1. The molecule has 0 bridgehead atoms. The van der Waals surface area contributed by atoms with Crippen molar-refractivity contribution in [3.63, 3.8) is 0 Å². The van der Waals surface area contributed by atoms with Crippen LogP contribution in [0.3, 0.4) is 0 Å². The van der Waals surface area contributed by atoms with Crippen LogP contribution in [-0.4, -0.2) is 33.4 Å². The summed E-state index contributed by atoms with van der Waals surface area (Å²) in [5.41, 5.74) is 3.20. The maximum Gasteiger partial charge on any atom is 0.115 e. The van der Waals surface area contributed by atoms with E-state index in [1.54, 1.807) is 6.33 Å².